The average molecular weight is 266 g/mol. The van der Waals surface area contributed by atoms with Gasteiger partial charge in [0, 0.05) is 25.7 Å². The molecule has 0 aromatic carbocycles. The van der Waals surface area contributed by atoms with Gasteiger partial charge in [0.05, 0.1) is 24.5 Å². The second kappa shape index (κ2) is 6.07. The molecule has 1 aromatic heterocycles. The molecule has 2 unspecified atom stereocenters. The normalized spacial score (nSPS) is 25.4. The Morgan fingerprint density at radius 1 is 1.53 bits per heavy atom. The largest absolute Gasteiger partial charge is 0.468 e. The molecule has 1 aliphatic heterocycles. The van der Waals surface area contributed by atoms with Crippen molar-refractivity contribution in [3.63, 3.8) is 0 Å². The van der Waals surface area contributed by atoms with Gasteiger partial charge in [0.1, 0.15) is 5.76 Å². The van der Waals surface area contributed by atoms with Crippen LogP contribution >= 0.6 is 0 Å². The van der Waals surface area contributed by atoms with Gasteiger partial charge in [-0.15, -0.1) is 0 Å². The van der Waals surface area contributed by atoms with E-state index in [9.17, 15) is 0 Å². The van der Waals surface area contributed by atoms with Crippen LogP contribution in [0.3, 0.4) is 0 Å². The number of furan rings is 1. The summed E-state index contributed by atoms with van der Waals surface area (Å²) in [6.07, 6.45) is 2.02. The fourth-order valence-corrected chi connectivity index (χ4v) is 2.79. The lowest BCUT2D eigenvalue weighted by Gasteiger charge is -2.44. The zero-order chi connectivity index (χ0) is 13.9. The monoisotopic (exact) mass is 266 g/mol. The summed E-state index contributed by atoms with van der Waals surface area (Å²) in [6.45, 7) is 12.5. The van der Waals surface area contributed by atoms with Crippen LogP contribution in [0.5, 0.6) is 0 Å². The summed E-state index contributed by atoms with van der Waals surface area (Å²) in [5, 5.41) is 3.45. The van der Waals surface area contributed by atoms with Crippen LogP contribution in [0, 0.1) is 0 Å². The van der Waals surface area contributed by atoms with Crippen molar-refractivity contribution in [1.82, 2.24) is 10.2 Å². The van der Waals surface area contributed by atoms with Crippen molar-refractivity contribution in [2.45, 2.75) is 52.0 Å². The van der Waals surface area contributed by atoms with E-state index in [1.54, 1.807) is 6.26 Å². The van der Waals surface area contributed by atoms with Crippen LogP contribution in [0.1, 0.15) is 33.5 Å². The Morgan fingerprint density at radius 2 is 2.32 bits per heavy atom. The number of rotatable bonds is 5. The molecule has 0 amide bonds. The van der Waals surface area contributed by atoms with Crippen molar-refractivity contribution in [2.24, 2.45) is 0 Å². The van der Waals surface area contributed by atoms with E-state index in [0.29, 0.717) is 12.1 Å². The quantitative estimate of drug-likeness (QED) is 0.887. The van der Waals surface area contributed by atoms with Gasteiger partial charge in [-0.1, -0.05) is 0 Å². The lowest BCUT2D eigenvalue weighted by molar-refractivity contribution is -0.136. The van der Waals surface area contributed by atoms with E-state index < -0.39 is 0 Å². The summed E-state index contributed by atoms with van der Waals surface area (Å²) in [6, 6.07) is 4.42. The third-order valence-corrected chi connectivity index (χ3v) is 3.54. The fraction of sp³-hybridized carbons (Fsp3) is 0.733. The van der Waals surface area contributed by atoms with Crippen molar-refractivity contribution in [3.05, 3.63) is 24.2 Å². The molecule has 0 spiro atoms. The predicted molar refractivity (Wildman–Crippen MR) is 76.1 cm³/mol. The molecule has 4 nitrogen and oxygen atoms in total. The lowest BCUT2D eigenvalue weighted by Crippen LogP contribution is -2.56. The molecular formula is C15H26N2O2. The van der Waals surface area contributed by atoms with Crippen LogP contribution in [0.2, 0.25) is 0 Å². The summed E-state index contributed by atoms with van der Waals surface area (Å²) in [7, 11) is 0. The van der Waals surface area contributed by atoms with E-state index in [4.69, 9.17) is 9.15 Å². The molecular weight excluding hydrogens is 240 g/mol. The van der Waals surface area contributed by atoms with E-state index in [1.807, 2.05) is 12.1 Å². The molecule has 1 aliphatic rings. The molecule has 1 aromatic rings. The van der Waals surface area contributed by atoms with Crippen molar-refractivity contribution >= 4 is 0 Å². The lowest BCUT2D eigenvalue weighted by atomic mass is 10.0. The average Bonchev–Trinajstić information content (AvgIpc) is 2.79. The molecule has 4 heteroatoms. The van der Waals surface area contributed by atoms with Crippen LogP contribution in [-0.2, 0) is 11.3 Å². The number of morpholine rings is 1. The first kappa shape index (κ1) is 14.6. The van der Waals surface area contributed by atoms with Crippen LogP contribution < -0.4 is 5.32 Å². The Kier molecular flexibility index (Phi) is 4.66. The maximum Gasteiger partial charge on any atom is 0.117 e. The highest BCUT2D eigenvalue weighted by molar-refractivity contribution is 4.97. The smallest absolute Gasteiger partial charge is 0.117 e. The van der Waals surface area contributed by atoms with Gasteiger partial charge in [-0.25, -0.2) is 0 Å². The zero-order valence-electron chi connectivity index (χ0n) is 12.5. The second-order valence-corrected chi connectivity index (χ2v) is 6.18. The molecule has 0 saturated carbocycles. The minimum atomic E-state index is -0.0487. The number of ether oxygens (including phenoxy) is 1. The molecule has 108 valence electrons. The van der Waals surface area contributed by atoms with Gasteiger partial charge in [-0.2, -0.15) is 0 Å². The maximum atomic E-state index is 5.94. The second-order valence-electron chi connectivity index (χ2n) is 6.18. The molecule has 0 aliphatic carbocycles. The highest BCUT2D eigenvalue weighted by atomic mass is 16.5. The molecule has 1 N–H and O–H groups in total. The Labute approximate surface area is 116 Å². The Bertz CT molecular complexity index is 376. The van der Waals surface area contributed by atoms with E-state index in [-0.39, 0.29) is 5.60 Å². The highest BCUT2D eigenvalue weighted by Gasteiger charge is 2.33. The molecule has 0 radical (unpaired) electrons. The van der Waals surface area contributed by atoms with Gasteiger partial charge < -0.3 is 14.5 Å². The Morgan fingerprint density at radius 3 is 2.95 bits per heavy atom. The predicted octanol–water partition coefficient (Wildman–Crippen LogP) is 2.26. The van der Waals surface area contributed by atoms with E-state index in [0.717, 1.165) is 31.9 Å². The fourth-order valence-electron chi connectivity index (χ4n) is 2.79. The van der Waals surface area contributed by atoms with Gasteiger partial charge in [0.15, 0.2) is 0 Å². The number of nitrogens with zero attached hydrogens (tertiary/aromatic N) is 1. The van der Waals surface area contributed by atoms with Crippen molar-refractivity contribution in [3.8, 4) is 0 Å². The summed E-state index contributed by atoms with van der Waals surface area (Å²) in [5.41, 5.74) is -0.0487. The highest BCUT2D eigenvalue weighted by Crippen LogP contribution is 2.22. The van der Waals surface area contributed by atoms with Crippen LogP contribution in [-0.4, -0.2) is 42.3 Å². The summed E-state index contributed by atoms with van der Waals surface area (Å²) in [4.78, 5) is 2.50. The molecule has 2 rings (SSSR count). The van der Waals surface area contributed by atoms with Gasteiger partial charge in [0.2, 0.25) is 0 Å². The third-order valence-electron chi connectivity index (χ3n) is 3.54. The molecule has 2 atom stereocenters. The standard InChI is InChI=1S/C15H26N2O2/c1-12(8-16-9-14-6-5-7-18-14)17-10-13(2)19-15(3,4)11-17/h5-7,12-13,16H,8-11H2,1-4H3. The topological polar surface area (TPSA) is 37.6 Å². The Balaban J connectivity index is 1.77. The number of hydrogen-bond donors (Lipinski definition) is 1. The van der Waals surface area contributed by atoms with Gasteiger partial charge in [-0.3, -0.25) is 4.90 Å². The van der Waals surface area contributed by atoms with E-state index in [1.165, 1.54) is 0 Å². The summed E-state index contributed by atoms with van der Waals surface area (Å²) < 4.78 is 11.3. The zero-order valence-corrected chi connectivity index (χ0v) is 12.5. The van der Waals surface area contributed by atoms with Crippen molar-refractivity contribution < 1.29 is 9.15 Å². The first-order chi connectivity index (χ1) is 8.96. The molecule has 0 bridgehead atoms. The van der Waals surface area contributed by atoms with E-state index in [2.05, 4.69) is 37.9 Å². The van der Waals surface area contributed by atoms with Gasteiger partial charge in [0.25, 0.3) is 0 Å². The first-order valence-electron chi connectivity index (χ1n) is 7.11. The first-order valence-corrected chi connectivity index (χ1v) is 7.11. The molecule has 1 saturated heterocycles. The third kappa shape index (κ3) is 4.34. The van der Waals surface area contributed by atoms with Crippen LogP contribution in [0.25, 0.3) is 0 Å². The van der Waals surface area contributed by atoms with Crippen LogP contribution in [0.15, 0.2) is 22.8 Å². The molecule has 1 fully saturated rings. The summed E-state index contributed by atoms with van der Waals surface area (Å²) >= 11 is 0. The van der Waals surface area contributed by atoms with Gasteiger partial charge in [-0.05, 0) is 39.8 Å². The molecule has 2 heterocycles. The minimum Gasteiger partial charge on any atom is -0.468 e. The van der Waals surface area contributed by atoms with Crippen molar-refractivity contribution in [1.29, 1.82) is 0 Å². The van der Waals surface area contributed by atoms with Crippen molar-refractivity contribution in [2.75, 3.05) is 19.6 Å². The number of hydrogen-bond acceptors (Lipinski definition) is 4. The van der Waals surface area contributed by atoms with Gasteiger partial charge >= 0.3 is 0 Å². The van der Waals surface area contributed by atoms with Crippen LogP contribution in [0.4, 0.5) is 0 Å². The summed E-state index contributed by atoms with van der Waals surface area (Å²) in [5.74, 6) is 0.989. The maximum absolute atomic E-state index is 5.94. The number of nitrogens with one attached hydrogen (secondary N) is 1. The van der Waals surface area contributed by atoms with E-state index >= 15 is 0 Å². The molecule has 19 heavy (non-hydrogen) atoms. The minimum absolute atomic E-state index is 0.0487. The SMILES string of the molecule is CC1CN(C(C)CNCc2ccco2)CC(C)(C)O1. The Hall–Kier alpha value is -0.840.